The Balaban J connectivity index is 1.57. The average molecular weight is 338 g/mol. The van der Waals surface area contributed by atoms with Crippen LogP contribution in [-0.2, 0) is 4.79 Å². The van der Waals surface area contributed by atoms with E-state index in [2.05, 4.69) is 5.32 Å². The molecule has 3 amide bonds. The van der Waals surface area contributed by atoms with Crippen LogP contribution in [0.2, 0.25) is 0 Å². The van der Waals surface area contributed by atoms with Crippen LogP contribution in [0.5, 0.6) is 0 Å². The molecule has 6 heteroatoms. The summed E-state index contributed by atoms with van der Waals surface area (Å²) in [6.45, 7) is 1.19. The lowest BCUT2D eigenvalue weighted by molar-refractivity contribution is -0.116. The Kier molecular flexibility index (Phi) is 4.88. The first-order valence-electron chi connectivity index (χ1n) is 8.23. The maximum Gasteiger partial charge on any atom is 0.325 e. The van der Waals surface area contributed by atoms with Crippen molar-refractivity contribution in [3.05, 3.63) is 54.6 Å². The van der Waals surface area contributed by atoms with E-state index in [1.54, 1.807) is 9.80 Å². The highest BCUT2D eigenvalue weighted by Crippen LogP contribution is 2.20. The highest BCUT2D eigenvalue weighted by Gasteiger charge is 2.30. The van der Waals surface area contributed by atoms with Crippen LogP contribution in [0.3, 0.4) is 0 Å². The second kappa shape index (κ2) is 7.25. The second-order valence-electron chi connectivity index (χ2n) is 6.18. The standard InChI is InChI=1S/C19H22N4O2/c1-21(2)16-10-8-15(9-11-16)20-18(24)14-22-12-13-23(19(22)25)17-6-4-3-5-7-17/h3-11H,12-14H2,1-2H3,(H,20,24). The molecule has 2 aromatic carbocycles. The van der Waals surface area contributed by atoms with Crippen LogP contribution in [0.25, 0.3) is 0 Å². The summed E-state index contributed by atoms with van der Waals surface area (Å²) in [5.41, 5.74) is 2.64. The summed E-state index contributed by atoms with van der Waals surface area (Å²) in [6, 6.07) is 17.0. The summed E-state index contributed by atoms with van der Waals surface area (Å²) in [6.07, 6.45) is 0. The smallest absolute Gasteiger partial charge is 0.325 e. The number of hydrogen-bond acceptors (Lipinski definition) is 3. The predicted octanol–water partition coefficient (Wildman–Crippen LogP) is 2.63. The first-order chi connectivity index (χ1) is 12.0. The van der Waals surface area contributed by atoms with Gasteiger partial charge in [-0.2, -0.15) is 0 Å². The molecule has 0 aromatic heterocycles. The van der Waals surface area contributed by atoms with E-state index in [4.69, 9.17) is 0 Å². The van der Waals surface area contributed by atoms with Crippen molar-refractivity contribution in [2.45, 2.75) is 0 Å². The fourth-order valence-electron chi connectivity index (χ4n) is 2.79. The van der Waals surface area contributed by atoms with Crippen molar-refractivity contribution in [3.8, 4) is 0 Å². The first-order valence-corrected chi connectivity index (χ1v) is 8.23. The topological polar surface area (TPSA) is 55.9 Å². The van der Waals surface area contributed by atoms with Crippen LogP contribution in [0, 0.1) is 0 Å². The van der Waals surface area contributed by atoms with Gasteiger partial charge >= 0.3 is 6.03 Å². The SMILES string of the molecule is CN(C)c1ccc(NC(=O)CN2CCN(c3ccccc3)C2=O)cc1. The molecule has 1 aliphatic rings. The maximum atomic E-state index is 12.5. The molecule has 25 heavy (non-hydrogen) atoms. The minimum absolute atomic E-state index is 0.0532. The largest absolute Gasteiger partial charge is 0.378 e. The van der Waals surface area contributed by atoms with Crippen LogP contribution >= 0.6 is 0 Å². The summed E-state index contributed by atoms with van der Waals surface area (Å²) >= 11 is 0. The fraction of sp³-hybridized carbons (Fsp3) is 0.263. The summed E-state index contributed by atoms with van der Waals surface area (Å²) in [7, 11) is 3.93. The Morgan fingerprint density at radius 3 is 2.36 bits per heavy atom. The number of carbonyl (C=O) groups is 2. The molecule has 130 valence electrons. The van der Waals surface area contributed by atoms with Gasteiger partial charge in [0.25, 0.3) is 0 Å². The van der Waals surface area contributed by atoms with E-state index in [1.165, 1.54) is 0 Å². The molecule has 1 N–H and O–H groups in total. The van der Waals surface area contributed by atoms with Crippen LogP contribution in [-0.4, -0.2) is 50.6 Å². The Bertz CT molecular complexity index is 744. The van der Waals surface area contributed by atoms with E-state index in [0.29, 0.717) is 13.1 Å². The van der Waals surface area contributed by atoms with Gasteiger partial charge in [0.2, 0.25) is 5.91 Å². The van der Waals surface area contributed by atoms with E-state index in [1.807, 2.05) is 73.6 Å². The van der Waals surface area contributed by atoms with Crippen molar-refractivity contribution in [2.75, 3.05) is 48.8 Å². The van der Waals surface area contributed by atoms with E-state index in [0.717, 1.165) is 17.1 Å². The summed E-state index contributed by atoms with van der Waals surface area (Å²) in [5.74, 6) is -0.194. The van der Waals surface area contributed by atoms with Crippen molar-refractivity contribution in [3.63, 3.8) is 0 Å². The molecule has 1 aliphatic heterocycles. The summed E-state index contributed by atoms with van der Waals surface area (Å²) < 4.78 is 0. The third kappa shape index (κ3) is 3.91. The molecule has 0 atom stereocenters. The van der Waals surface area contributed by atoms with E-state index < -0.39 is 0 Å². The second-order valence-corrected chi connectivity index (χ2v) is 6.18. The molecule has 0 unspecified atom stereocenters. The van der Waals surface area contributed by atoms with Crippen LogP contribution < -0.4 is 15.1 Å². The minimum atomic E-state index is -0.194. The molecule has 0 bridgehead atoms. The van der Waals surface area contributed by atoms with Gasteiger partial charge in [0.1, 0.15) is 6.54 Å². The quantitative estimate of drug-likeness (QED) is 0.912. The number of amides is 3. The van der Waals surface area contributed by atoms with E-state index in [9.17, 15) is 9.59 Å². The minimum Gasteiger partial charge on any atom is -0.378 e. The molecule has 2 aromatic rings. The van der Waals surface area contributed by atoms with E-state index >= 15 is 0 Å². The molecule has 3 rings (SSSR count). The third-order valence-electron chi connectivity index (χ3n) is 4.16. The zero-order valence-electron chi connectivity index (χ0n) is 14.5. The van der Waals surface area contributed by atoms with Crippen LogP contribution in [0.4, 0.5) is 21.9 Å². The number of nitrogens with zero attached hydrogens (tertiary/aromatic N) is 3. The lowest BCUT2D eigenvalue weighted by Crippen LogP contribution is -2.37. The molecule has 1 heterocycles. The molecule has 1 saturated heterocycles. The fourth-order valence-corrected chi connectivity index (χ4v) is 2.79. The summed E-state index contributed by atoms with van der Waals surface area (Å²) in [4.78, 5) is 30.0. The lowest BCUT2D eigenvalue weighted by atomic mass is 10.2. The normalized spacial score (nSPS) is 13.9. The number of nitrogens with one attached hydrogen (secondary N) is 1. The van der Waals surface area contributed by atoms with Crippen molar-refractivity contribution in [1.82, 2.24) is 4.90 Å². The van der Waals surface area contributed by atoms with Crippen molar-refractivity contribution in [2.24, 2.45) is 0 Å². The van der Waals surface area contributed by atoms with Crippen LogP contribution in [0.1, 0.15) is 0 Å². The van der Waals surface area contributed by atoms with Crippen molar-refractivity contribution in [1.29, 1.82) is 0 Å². The monoisotopic (exact) mass is 338 g/mol. The number of para-hydroxylation sites is 1. The van der Waals surface area contributed by atoms with Crippen molar-refractivity contribution >= 4 is 29.0 Å². The zero-order chi connectivity index (χ0) is 17.8. The summed E-state index contributed by atoms with van der Waals surface area (Å²) in [5, 5.41) is 2.84. The van der Waals surface area contributed by atoms with Crippen molar-refractivity contribution < 1.29 is 9.59 Å². The maximum absolute atomic E-state index is 12.5. The highest BCUT2D eigenvalue weighted by molar-refractivity contribution is 5.99. The molecule has 0 spiro atoms. The number of carbonyl (C=O) groups excluding carboxylic acids is 2. The van der Waals surface area contributed by atoms with Gasteiger partial charge in [0, 0.05) is 44.2 Å². The Hall–Kier alpha value is -3.02. The Labute approximate surface area is 147 Å². The number of anilines is 3. The van der Waals surface area contributed by atoms with Gasteiger partial charge in [0.05, 0.1) is 0 Å². The molecular formula is C19H22N4O2. The van der Waals surface area contributed by atoms with E-state index in [-0.39, 0.29) is 18.5 Å². The number of benzene rings is 2. The van der Waals surface area contributed by atoms with Gasteiger partial charge in [-0.3, -0.25) is 9.69 Å². The van der Waals surface area contributed by atoms with Gasteiger partial charge in [-0.15, -0.1) is 0 Å². The molecule has 0 radical (unpaired) electrons. The number of hydrogen-bond donors (Lipinski definition) is 1. The first kappa shape index (κ1) is 16.8. The average Bonchev–Trinajstić information content (AvgIpc) is 2.96. The number of urea groups is 1. The Morgan fingerprint density at radius 1 is 1.04 bits per heavy atom. The molecule has 0 saturated carbocycles. The van der Waals surface area contributed by atoms with Gasteiger partial charge < -0.3 is 15.1 Å². The number of rotatable bonds is 5. The molecule has 6 nitrogen and oxygen atoms in total. The lowest BCUT2D eigenvalue weighted by Gasteiger charge is -2.18. The Morgan fingerprint density at radius 2 is 1.72 bits per heavy atom. The van der Waals surface area contributed by atoms with Gasteiger partial charge in [-0.05, 0) is 36.4 Å². The van der Waals surface area contributed by atoms with Gasteiger partial charge in [-0.1, -0.05) is 18.2 Å². The predicted molar refractivity (Wildman–Crippen MR) is 100 cm³/mol. The van der Waals surface area contributed by atoms with Gasteiger partial charge in [-0.25, -0.2) is 4.79 Å². The molecule has 0 aliphatic carbocycles. The van der Waals surface area contributed by atoms with Crippen LogP contribution in [0.15, 0.2) is 54.6 Å². The molecular weight excluding hydrogens is 316 g/mol. The third-order valence-corrected chi connectivity index (χ3v) is 4.16. The highest BCUT2D eigenvalue weighted by atomic mass is 16.2. The van der Waals surface area contributed by atoms with Gasteiger partial charge in [0.15, 0.2) is 0 Å². The molecule has 1 fully saturated rings. The zero-order valence-corrected chi connectivity index (χ0v) is 14.5.